The Kier molecular flexibility index (Phi) is 5.44. The number of nitrogens with zero attached hydrogens (tertiary/aromatic N) is 1. The summed E-state index contributed by atoms with van der Waals surface area (Å²) in [6, 6.07) is 11.0. The number of benzene rings is 2. The highest BCUT2D eigenvalue weighted by Gasteiger charge is 2.41. The van der Waals surface area contributed by atoms with Gasteiger partial charge in [0.15, 0.2) is 5.76 Å². The van der Waals surface area contributed by atoms with Gasteiger partial charge in [-0.25, -0.2) is 4.90 Å². The number of aliphatic hydroxyl groups excluding tert-OH is 1. The lowest BCUT2D eigenvalue weighted by Crippen LogP contribution is -2.31. The first kappa shape index (κ1) is 19.3. The van der Waals surface area contributed by atoms with E-state index in [4.69, 9.17) is 27.9 Å². The molecule has 0 aromatic heterocycles. The predicted molar refractivity (Wildman–Crippen MR) is 105 cm³/mol. The van der Waals surface area contributed by atoms with Gasteiger partial charge in [0.25, 0.3) is 5.91 Å². The molecule has 7 heteroatoms. The van der Waals surface area contributed by atoms with E-state index in [1.807, 2.05) is 13.8 Å². The lowest BCUT2D eigenvalue weighted by molar-refractivity contribution is -0.121. The number of carbonyl (C=O) groups is 2. The molecule has 5 nitrogen and oxygen atoms in total. The molecular weight excluding hydrogens is 389 g/mol. The molecule has 0 saturated carbocycles. The lowest BCUT2D eigenvalue weighted by Gasteiger charge is -2.16. The van der Waals surface area contributed by atoms with Crippen molar-refractivity contribution in [3.63, 3.8) is 0 Å². The SMILES string of the molecule is CC(C)COc1ccc(C2=C(O)C(=O)N(c3cc(Cl)ccc3Cl)C2=O)cc1. The van der Waals surface area contributed by atoms with Crippen molar-refractivity contribution in [1.29, 1.82) is 0 Å². The number of hydrogen-bond acceptors (Lipinski definition) is 4. The highest BCUT2D eigenvalue weighted by Crippen LogP contribution is 2.37. The summed E-state index contributed by atoms with van der Waals surface area (Å²) in [7, 11) is 0. The summed E-state index contributed by atoms with van der Waals surface area (Å²) < 4.78 is 5.61. The van der Waals surface area contributed by atoms with Crippen LogP contribution in [0.25, 0.3) is 5.57 Å². The highest BCUT2D eigenvalue weighted by molar-refractivity contribution is 6.47. The van der Waals surface area contributed by atoms with Crippen LogP contribution in [0.5, 0.6) is 5.75 Å². The molecule has 0 saturated heterocycles. The zero-order valence-electron chi connectivity index (χ0n) is 14.7. The molecule has 0 spiro atoms. The van der Waals surface area contributed by atoms with Gasteiger partial charge in [-0.05, 0) is 41.8 Å². The van der Waals surface area contributed by atoms with Crippen molar-refractivity contribution in [3.8, 4) is 5.75 Å². The third-order valence-electron chi connectivity index (χ3n) is 3.93. The molecule has 140 valence electrons. The van der Waals surface area contributed by atoms with Crippen molar-refractivity contribution in [3.05, 3.63) is 63.8 Å². The van der Waals surface area contributed by atoms with Gasteiger partial charge in [0.2, 0.25) is 0 Å². The average Bonchev–Trinajstić information content (AvgIpc) is 2.85. The number of anilines is 1. The monoisotopic (exact) mass is 405 g/mol. The molecule has 1 N–H and O–H groups in total. The van der Waals surface area contributed by atoms with Crippen LogP contribution >= 0.6 is 23.2 Å². The van der Waals surface area contributed by atoms with Crippen molar-refractivity contribution in [1.82, 2.24) is 0 Å². The standard InChI is InChI=1S/C20H17Cl2NO4/c1-11(2)10-27-14-6-3-12(4-7-14)17-18(24)20(26)23(19(17)25)16-9-13(21)5-8-15(16)22/h3-9,11,24H,10H2,1-2H3. The van der Waals surface area contributed by atoms with Gasteiger partial charge in [-0.2, -0.15) is 0 Å². The lowest BCUT2D eigenvalue weighted by atomic mass is 10.1. The third kappa shape index (κ3) is 3.80. The van der Waals surface area contributed by atoms with E-state index in [1.165, 1.54) is 12.1 Å². The summed E-state index contributed by atoms with van der Waals surface area (Å²) in [4.78, 5) is 26.1. The molecule has 2 amide bonds. The minimum absolute atomic E-state index is 0.0912. The van der Waals surface area contributed by atoms with Crippen LogP contribution in [-0.2, 0) is 9.59 Å². The Balaban J connectivity index is 1.91. The van der Waals surface area contributed by atoms with Crippen LogP contribution in [0.3, 0.4) is 0 Å². The average molecular weight is 406 g/mol. The third-order valence-corrected chi connectivity index (χ3v) is 4.49. The van der Waals surface area contributed by atoms with E-state index < -0.39 is 17.6 Å². The first-order valence-corrected chi connectivity index (χ1v) is 9.05. The molecule has 0 bridgehead atoms. The largest absolute Gasteiger partial charge is 0.502 e. The van der Waals surface area contributed by atoms with E-state index in [1.54, 1.807) is 30.3 Å². The maximum Gasteiger partial charge on any atom is 0.301 e. The van der Waals surface area contributed by atoms with Crippen LogP contribution in [0.1, 0.15) is 19.4 Å². The van der Waals surface area contributed by atoms with Gasteiger partial charge in [-0.15, -0.1) is 0 Å². The fourth-order valence-corrected chi connectivity index (χ4v) is 3.00. The number of hydrogen-bond donors (Lipinski definition) is 1. The van der Waals surface area contributed by atoms with Gasteiger partial charge in [0.05, 0.1) is 22.9 Å². The fraction of sp³-hybridized carbons (Fsp3) is 0.200. The van der Waals surface area contributed by atoms with Crippen molar-refractivity contribution >= 4 is 46.3 Å². The highest BCUT2D eigenvalue weighted by atomic mass is 35.5. The fourth-order valence-electron chi connectivity index (χ4n) is 2.64. The summed E-state index contributed by atoms with van der Waals surface area (Å²) >= 11 is 12.1. The van der Waals surface area contributed by atoms with Crippen molar-refractivity contribution < 1.29 is 19.4 Å². The van der Waals surface area contributed by atoms with Crippen molar-refractivity contribution in [2.45, 2.75) is 13.8 Å². The first-order chi connectivity index (χ1) is 12.8. The van der Waals surface area contributed by atoms with E-state index in [0.29, 0.717) is 28.9 Å². The number of imide groups is 1. The zero-order valence-corrected chi connectivity index (χ0v) is 16.2. The first-order valence-electron chi connectivity index (χ1n) is 8.30. The maximum atomic E-state index is 12.8. The van der Waals surface area contributed by atoms with Crippen LogP contribution in [-0.4, -0.2) is 23.5 Å². The minimum atomic E-state index is -0.848. The molecule has 0 atom stereocenters. The Morgan fingerprint density at radius 1 is 1.04 bits per heavy atom. The molecule has 0 radical (unpaired) electrons. The molecular formula is C20H17Cl2NO4. The summed E-state index contributed by atoms with van der Waals surface area (Å²) in [6.45, 7) is 4.64. The molecule has 27 heavy (non-hydrogen) atoms. The second-order valence-corrected chi connectivity index (χ2v) is 7.34. The second-order valence-electron chi connectivity index (χ2n) is 6.49. The quantitative estimate of drug-likeness (QED) is 0.720. The van der Waals surface area contributed by atoms with E-state index >= 15 is 0 Å². The molecule has 1 aliphatic rings. The summed E-state index contributed by atoms with van der Waals surface area (Å²) in [5, 5.41) is 10.8. The molecule has 1 aliphatic heterocycles. The second kappa shape index (κ2) is 7.62. The molecule has 1 heterocycles. The van der Waals surface area contributed by atoms with Gasteiger partial charge in [0, 0.05) is 5.02 Å². The molecule has 0 aliphatic carbocycles. The van der Waals surface area contributed by atoms with Gasteiger partial charge in [0.1, 0.15) is 5.75 Å². The zero-order chi connectivity index (χ0) is 19.7. The molecule has 0 fully saturated rings. The topological polar surface area (TPSA) is 66.8 Å². The number of ether oxygens (including phenoxy) is 1. The van der Waals surface area contributed by atoms with Crippen LogP contribution < -0.4 is 9.64 Å². The van der Waals surface area contributed by atoms with Crippen LogP contribution in [0, 0.1) is 5.92 Å². The molecule has 2 aromatic carbocycles. The Hall–Kier alpha value is -2.50. The van der Waals surface area contributed by atoms with Crippen molar-refractivity contribution in [2.24, 2.45) is 5.92 Å². The van der Waals surface area contributed by atoms with Gasteiger partial charge >= 0.3 is 5.91 Å². The van der Waals surface area contributed by atoms with Crippen LogP contribution in [0.15, 0.2) is 48.2 Å². The van der Waals surface area contributed by atoms with Gasteiger partial charge < -0.3 is 9.84 Å². The Morgan fingerprint density at radius 2 is 1.70 bits per heavy atom. The summed E-state index contributed by atoms with van der Waals surface area (Å²) in [6.07, 6.45) is 0. The summed E-state index contributed by atoms with van der Waals surface area (Å²) in [5.41, 5.74) is 0.437. The Morgan fingerprint density at radius 3 is 2.33 bits per heavy atom. The number of carbonyl (C=O) groups excluding carboxylic acids is 2. The normalized spacial score (nSPS) is 14.5. The number of rotatable bonds is 5. The molecule has 3 rings (SSSR count). The van der Waals surface area contributed by atoms with Gasteiger partial charge in [-0.3, -0.25) is 9.59 Å². The van der Waals surface area contributed by atoms with E-state index in [0.717, 1.165) is 4.90 Å². The predicted octanol–water partition coefficient (Wildman–Crippen LogP) is 4.87. The summed E-state index contributed by atoms with van der Waals surface area (Å²) in [5.74, 6) is -1.13. The van der Waals surface area contributed by atoms with Gasteiger partial charge in [-0.1, -0.05) is 49.2 Å². The molecule has 0 unspecified atom stereocenters. The smallest absolute Gasteiger partial charge is 0.301 e. The van der Waals surface area contributed by atoms with E-state index in [2.05, 4.69) is 0 Å². The molecule has 2 aromatic rings. The number of aliphatic hydroxyl groups is 1. The number of amides is 2. The van der Waals surface area contributed by atoms with Crippen molar-refractivity contribution in [2.75, 3.05) is 11.5 Å². The maximum absolute atomic E-state index is 12.8. The van der Waals surface area contributed by atoms with E-state index in [-0.39, 0.29) is 16.3 Å². The van der Waals surface area contributed by atoms with Crippen LogP contribution in [0.2, 0.25) is 10.0 Å². The van der Waals surface area contributed by atoms with Crippen LogP contribution in [0.4, 0.5) is 5.69 Å². The Labute approximate surface area is 166 Å². The number of halogens is 2. The minimum Gasteiger partial charge on any atom is -0.502 e. The van der Waals surface area contributed by atoms with E-state index in [9.17, 15) is 14.7 Å². The Bertz CT molecular complexity index is 935.